The van der Waals surface area contributed by atoms with Gasteiger partial charge in [0.05, 0.1) is 16.4 Å². The summed E-state index contributed by atoms with van der Waals surface area (Å²) in [5, 5.41) is 6.01. The molecule has 0 radical (unpaired) electrons. The number of nitrogens with one attached hydrogen (secondary N) is 1. The van der Waals surface area contributed by atoms with Crippen LogP contribution in [0, 0.1) is 5.92 Å². The molecule has 1 heterocycles. The van der Waals surface area contributed by atoms with Crippen molar-refractivity contribution in [1.29, 1.82) is 0 Å². The Hall–Kier alpha value is -0.520. The summed E-state index contributed by atoms with van der Waals surface area (Å²) in [6.45, 7) is 0. The van der Waals surface area contributed by atoms with Gasteiger partial charge in [-0.3, -0.25) is 5.10 Å². The first kappa shape index (κ1) is 10.0. The van der Waals surface area contributed by atoms with Gasteiger partial charge in [0.1, 0.15) is 5.92 Å². The zero-order chi connectivity index (χ0) is 10.3. The van der Waals surface area contributed by atoms with Crippen LogP contribution in [0.1, 0.15) is 24.5 Å². The fourth-order valence-corrected chi connectivity index (χ4v) is 2.03. The summed E-state index contributed by atoms with van der Waals surface area (Å²) in [7, 11) is 0. The first-order valence-corrected chi connectivity index (χ1v) is 5.05. The quantitative estimate of drug-likeness (QED) is 0.877. The molecule has 1 aromatic heterocycles. The molecule has 2 rings (SSSR count). The van der Waals surface area contributed by atoms with Gasteiger partial charge in [-0.05, 0) is 34.7 Å². The predicted molar refractivity (Wildman–Crippen MR) is 47.8 cm³/mol. The minimum absolute atomic E-state index is 0.153. The van der Waals surface area contributed by atoms with Crippen LogP contribution in [-0.4, -0.2) is 16.4 Å². The molecule has 1 saturated carbocycles. The van der Waals surface area contributed by atoms with Gasteiger partial charge in [-0.1, -0.05) is 0 Å². The molecule has 0 bridgehead atoms. The van der Waals surface area contributed by atoms with Crippen molar-refractivity contribution in [2.24, 2.45) is 5.92 Å². The topological polar surface area (TPSA) is 28.7 Å². The number of nitrogens with zero attached hydrogens (tertiary/aromatic N) is 1. The SMILES string of the molecule is FC(F)(F)C(c1[nH]ncc1Br)C1CC1. The number of hydrogen-bond donors (Lipinski definition) is 1. The highest BCUT2D eigenvalue weighted by Crippen LogP contribution is 2.51. The maximum Gasteiger partial charge on any atom is 0.397 e. The Morgan fingerprint density at radius 2 is 2.14 bits per heavy atom. The average molecular weight is 269 g/mol. The van der Waals surface area contributed by atoms with Gasteiger partial charge < -0.3 is 0 Å². The van der Waals surface area contributed by atoms with Crippen molar-refractivity contribution >= 4 is 15.9 Å². The van der Waals surface area contributed by atoms with E-state index in [2.05, 4.69) is 26.1 Å². The summed E-state index contributed by atoms with van der Waals surface area (Å²) in [4.78, 5) is 0. The van der Waals surface area contributed by atoms with Crippen molar-refractivity contribution in [2.75, 3.05) is 0 Å². The summed E-state index contributed by atoms with van der Waals surface area (Å²) in [6, 6.07) is 0. The first-order valence-electron chi connectivity index (χ1n) is 4.25. The number of rotatable bonds is 2. The third kappa shape index (κ3) is 1.80. The van der Waals surface area contributed by atoms with Crippen LogP contribution in [0.15, 0.2) is 10.7 Å². The zero-order valence-electron chi connectivity index (χ0n) is 7.11. The highest BCUT2D eigenvalue weighted by molar-refractivity contribution is 9.10. The molecular formula is C8H8BrF3N2. The summed E-state index contributed by atoms with van der Waals surface area (Å²) >= 11 is 3.06. The molecule has 2 nitrogen and oxygen atoms in total. The smallest absolute Gasteiger partial charge is 0.281 e. The van der Waals surface area contributed by atoms with Gasteiger partial charge in [0.2, 0.25) is 0 Å². The lowest BCUT2D eigenvalue weighted by molar-refractivity contribution is -0.156. The molecule has 0 aliphatic heterocycles. The van der Waals surface area contributed by atoms with E-state index in [4.69, 9.17) is 0 Å². The lowest BCUT2D eigenvalue weighted by Gasteiger charge is -2.18. The van der Waals surface area contributed by atoms with Crippen molar-refractivity contribution in [3.8, 4) is 0 Å². The van der Waals surface area contributed by atoms with Gasteiger partial charge in [-0.2, -0.15) is 18.3 Å². The van der Waals surface area contributed by atoms with Gasteiger partial charge in [0.15, 0.2) is 0 Å². The Labute approximate surface area is 87.0 Å². The lowest BCUT2D eigenvalue weighted by Crippen LogP contribution is -2.23. The molecule has 1 aromatic rings. The second-order valence-corrected chi connectivity index (χ2v) is 4.34. The second kappa shape index (κ2) is 3.25. The van der Waals surface area contributed by atoms with Crippen molar-refractivity contribution in [3.05, 3.63) is 16.4 Å². The maximum absolute atomic E-state index is 12.7. The van der Waals surface area contributed by atoms with E-state index in [9.17, 15) is 13.2 Å². The van der Waals surface area contributed by atoms with Crippen molar-refractivity contribution in [2.45, 2.75) is 24.9 Å². The van der Waals surface area contributed by atoms with Crippen molar-refractivity contribution < 1.29 is 13.2 Å². The van der Waals surface area contributed by atoms with Crippen molar-refractivity contribution in [1.82, 2.24) is 10.2 Å². The van der Waals surface area contributed by atoms with E-state index in [0.717, 1.165) is 0 Å². The summed E-state index contributed by atoms with van der Waals surface area (Å²) in [6.07, 6.45) is -1.53. The minimum atomic E-state index is -4.18. The molecule has 0 aromatic carbocycles. The first-order chi connectivity index (χ1) is 6.50. The van der Waals surface area contributed by atoms with Gasteiger partial charge in [-0.15, -0.1) is 0 Å². The van der Waals surface area contributed by atoms with E-state index < -0.39 is 12.1 Å². The van der Waals surface area contributed by atoms with Crippen LogP contribution in [0.3, 0.4) is 0 Å². The standard InChI is InChI=1S/C8H8BrF3N2/c9-5-3-13-14-7(5)6(4-1-2-4)8(10,11)12/h3-4,6H,1-2H2,(H,13,14). The normalized spacial score (nSPS) is 19.7. The largest absolute Gasteiger partial charge is 0.397 e. The van der Waals surface area contributed by atoms with E-state index in [0.29, 0.717) is 17.3 Å². The summed E-state index contributed by atoms with van der Waals surface area (Å²) in [5.74, 6) is -1.66. The number of alkyl halides is 3. The molecule has 1 fully saturated rings. The molecular weight excluding hydrogens is 261 g/mol. The van der Waals surface area contributed by atoms with Crippen LogP contribution in [-0.2, 0) is 0 Å². The molecule has 1 unspecified atom stereocenters. The molecule has 6 heteroatoms. The van der Waals surface area contributed by atoms with E-state index >= 15 is 0 Å². The summed E-state index contributed by atoms with van der Waals surface area (Å²) < 4.78 is 38.5. The zero-order valence-corrected chi connectivity index (χ0v) is 8.69. The minimum Gasteiger partial charge on any atom is -0.281 e. The third-order valence-corrected chi connectivity index (χ3v) is 3.01. The highest BCUT2D eigenvalue weighted by Gasteiger charge is 2.51. The molecule has 1 N–H and O–H groups in total. The average Bonchev–Trinajstić information content (AvgIpc) is 2.76. The van der Waals surface area contributed by atoms with Gasteiger partial charge in [0, 0.05) is 0 Å². The second-order valence-electron chi connectivity index (χ2n) is 3.49. The Kier molecular flexibility index (Phi) is 2.33. The van der Waals surface area contributed by atoms with E-state index in [-0.39, 0.29) is 11.6 Å². The fraction of sp³-hybridized carbons (Fsp3) is 0.625. The molecule has 1 atom stereocenters. The van der Waals surface area contributed by atoms with Crippen LogP contribution in [0.5, 0.6) is 0 Å². The molecule has 0 amide bonds. The Morgan fingerprint density at radius 1 is 1.50 bits per heavy atom. The molecule has 0 saturated heterocycles. The number of H-pyrrole nitrogens is 1. The lowest BCUT2D eigenvalue weighted by atomic mass is 9.99. The van der Waals surface area contributed by atoms with Gasteiger partial charge >= 0.3 is 6.18 Å². The van der Waals surface area contributed by atoms with E-state index in [1.54, 1.807) is 0 Å². The number of aromatic nitrogens is 2. The molecule has 78 valence electrons. The molecule has 0 spiro atoms. The Balaban J connectivity index is 2.32. The van der Waals surface area contributed by atoms with E-state index in [1.807, 2.05) is 0 Å². The van der Waals surface area contributed by atoms with Crippen LogP contribution < -0.4 is 0 Å². The monoisotopic (exact) mass is 268 g/mol. The maximum atomic E-state index is 12.7. The molecule has 14 heavy (non-hydrogen) atoms. The third-order valence-electron chi connectivity index (χ3n) is 2.38. The predicted octanol–water partition coefficient (Wildman–Crippen LogP) is 3.23. The highest BCUT2D eigenvalue weighted by atomic mass is 79.9. The van der Waals surface area contributed by atoms with Crippen LogP contribution in [0.2, 0.25) is 0 Å². The number of halogens is 4. The Bertz CT molecular complexity index is 330. The number of hydrogen-bond acceptors (Lipinski definition) is 1. The van der Waals surface area contributed by atoms with Crippen molar-refractivity contribution in [3.63, 3.8) is 0 Å². The van der Waals surface area contributed by atoms with Gasteiger partial charge in [0.25, 0.3) is 0 Å². The van der Waals surface area contributed by atoms with Crippen LogP contribution in [0.25, 0.3) is 0 Å². The number of aromatic amines is 1. The summed E-state index contributed by atoms with van der Waals surface area (Å²) in [5.41, 5.74) is 0.153. The van der Waals surface area contributed by atoms with E-state index in [1.165, 1.54) is 6.20 Å². The van der Waals surface area contributed by atoms with Crippen LogP contribution >= 0.6 is 15.9 Å². The Morgan fingerprint density at radius 3 is 2.50 bits per heavy atom. The molecule has 1 aliphatic carbocycles. The molecule has 1 aliphatic rings. The fourth-order valence-electron chi connectivity index (χ4n) is 1.60. The van der Waals surface area contributed by atoms with Gasteiger partial charge in [-0.25, -0.2) is 0 Å². The van der Waals surface area contributed by atoms with Crippen LogP contribution in [0.4, 0.5) is 13.2 Å².